The molecule has 0 bridgehead atoms. The Kier molecular flexibility index (Phi) is 4.38. The third-order valence-corrected chi connectivity index (χ3v) is 5.17. The highest BCUT2D eigenvalue weighted by Crippen LogP contribution is 2.46. The number of nitrogens with two attached hydrogens (primary N) is 1. The van der Waals surface area contributed by atoms with Crippen LogP contribution in [0.25, 0.3) is 0 Å². The Morgan fingerprint density at radius 3 is 2.26 bits per heavy atom. The normalized spacial score (nSPS) is 24.1. The number of rotatable bonds is 4. The van der Waals surface area contributed by atoms with Gasteiger partial charge in [-0.3, -0.25) is 4.99 Å². The van der Waals surface area contributed by atoms with E-state index in [2.05, 4.69) is 9.89 Å². The van der Waals surface area contributed by atoms with E-state index in [0.29, 0.717) is 12.5 Å². The minimum absolute atomic E-state index is 0.121. The fraction of sp³-hybridized carbons (Fsp3) is 0.923. The summed E-state index contributed by atoms with van der Waals surface area (Å²) in [5.41, 5.74) is 5.92. The summed E-state index contributed by atoms with van der Waals surface area (Å²) in [4.78, 5) is 6.61. The van der Waals surface area contributed by atoms with E-state index in [4.69, 9.17) is 5.73 Å². The maximum Gasteiger partial charge on any atom is 0.191 e. The molecular weight excluding hydrogens is 262 g/mol. The zero-order chi connectivity index (χ0) is 13.9. The van der Waals surface area contributed by atoms with Crippen LogP contribution in [0.15, 0.2) is 4.99 Å². The summed E-state index contributed by atoms with van der Waals surface area (Å²) in [5.74, 6) is 0.846. The minimum Gasteiger partial charge on any atom is -0.370 e. The number of hydrogen-bond donors (Lipinski definition) is 1. The van der Waals surface area contributed by atoms with Gasteiger partial charge >= 0.3 is 0 Å². The summed E-state index contributed by atoms with van der Waals surface area (Å²) in [5, 5.41) is 0. The quantitative estimate of drug-likeness (QED) is 0.618. The third-order valence-electron chi connectivity index (χ3n) is 4.03. The number of aliphatic imine (C=N–C) groups is 1. The maximum absolute atomic E-state index is 11.4. The van der Waals surface area contributed by atoms with Crippen LogP contribution in [-0.4, -0.2) is 50.9 Å². The Bertz CT molecular complexity index is 433. The van der Waals surface area contributed by atoms with Gasteiger partial charge in [-0.05, 0) is 25.7 Å². The van der Waals surface area contributed by atoms with Crippen molar-refractivity contribution in [2.45, 2.75) is 38.5 Å². The lowest BCUT2D eigenvalue weighted by Crippen LogP contribution is -2.38. The molecule has 2 fully saturated rings. The molecule has 0 atom stereocenters. The molecule has 5 nitrogen and oxygen atoms in total. The Balaban J connectivity index is 1.90. The number of hydrogen-bond acceptors (Lipinski definition) is 3. The Morgan fingerprint density at radius 1 is 1.21 bits per heavy atom. The van der Waals surface area contributed by atoms with Gasteiger partial charge in [0.05, 0.1) is 5.75 Å². The van der Waals surface area contributed by atoms with Gasteiger partial charge in [0.2, 0.25) is 0 Å². The Hall–Kier alpha value is -0.780. The van der Waals surface area contributed by atoms with E-state index in [1.807, 2.05) is 0 Å². The van der Waals surface area contributed by atoms with E-state index in [1.165, 1.54) is 31.9 Å². The summed E-state index contributed by atoms with van der Waals surface area (Å²) in [6.07, 6.45) is 8.08. The second kappa shape index (κ2) is 5.69. The van der Waals surface area contributed by atoms with Gasteiger partial charge in [-0.2, -0.15) is 0 Å². The van der Waals surface area contributed by atoms with Gasteiger partial charge < -0.3 is 10.6 Å². The van der Waals surface area contributed by atoms with E-state index in [9.17, 15) is 8.42 Å². The molecule has 0 radical (unpaired) electrons. The molecule has 0 unspecified atom stereocenters. The fourth-order valence-corrected chi connectivity index (χ4v) is 4.22. The van der Waals surface area contributed by atoms with Crippen LogP contribution in [0, 0.1) is 5.41 Å². The SMILES string of the molecule is CS(=O)(=O)CC1(CN=C(N)N2CCCCCC2)CC1. The summed E-state index contributed by atoms with van der Waals surface area (Å²) < 4.78 is 22.8. The highest BCUT2D eigenvalue weighted by atomic mass is 32.2. The first-order valence-electron chi connectivity index (χ1n) is 7.13. The molecule has 0 spiro atoms. The highest BCUT2D eigenvalue weighted by Gasteiger charge is 2.45. The Morgan fingerprint density at radius 2 is 1.79 bits per heavy atom. The number of guanidine groups is 1. The van der Waals surface area contributed by atoms with Gasteiger partial charge in [0.25, 0.3) is 0 Å². The predicted molar refractivity (Wildman–Crippen MR) is 77.9 cm³/mol. The molecule has 0 aromatic carbocycles. The van der Waals surface area contributed by atoms with Crippen molar-refractivity contribution in [1.82, 2.24) is 4.90 Å². The summed E-state index contributed by atoms with van der Waals surface area (Å²) >= 11 is 0. The number of sulfone groups is 1. The van der Waals surface area contributed by atoms with Crippen molar-refractivity contribution in [2.75, 3.05) is 31.6 Å². The van der Waals surface area contributed by atoms with E-state index >= 15 is 0 Å². The van der Waals surface area contributed by atoms with Crippen molar-refractivity contribution < 1.29 is 8.42 Å². The van der Waals surface area contributed by atoms with Crippen molar-refractivity contribution in [1.29, 1.82) is 0 Å². The molecule has 110 valence electrons. The van der Waals surface area contributed by atoms with Crippen LogP contribution >= 0.6 is 0 Å². The summed E-state index contributed by atoms with van der Waals surface area (Å²) in [6, 6.07) is 0. The molecule has 1 saturated heterocycles. The first-order chi connectivity index (χ1) is 8.90. The molecule has 2 rings (SSSR count). The molecule has 0 aromatic rings. The molecule has 1 heterocycles. The lowest BCUT2D eigenvalue weighted by atomic mass is 10.1. The topological polar surface area (TPSA) is 75.8 Å². The van der Waals surface area contributed by atoms with Crippen LogP contribution in [0.1, 0.15) is 38.5 Å². The molecule has 19 heavy (non-hydrogen) atoms. The second-order valence-corrected chi connectivity index (χ2v) is 8.29. The van der Waals surface area contributed by atoms with Crippen LogP contribution in [0.3, 0.4) is 0 Å². The van der Waals surface area contributed by atoms with Crippen LogP contribution in [0.5, 0.6) is 0 Å². The van der Waals surface area contributed by atoms with Crippen LogP contribution in [0.2, 0.25) is 0 Å². The molecule has 1 aliphatic heterocycles. The zero-order valence-corrected chi connectivity index (χ0v) is 12.6. The monoisotopic (exact) mass is 287 g/mol. The van der Waals surface area contributed by atoms with Gasteiger partial charge in [0.15, 0.2) is 5.96 Å². The predicted octanol–water partition coefficient (Wildman–Crippen LogP) is 1.00. The van der Waals surface area contributed by atoms with Crippen molar-refractivity contribution in [2.24, 2.45) is 16.1 Å². The van der Waals surface area contributed by atoms with E-state index in [-0.39, 0.29) is 11.2 Å². The van der Waals surface area contributed by atoms with Gasteiger partial charge in [-0.15, -0.1) is 0 Å². The van der Waals surface area contributed by atoms with Gasteiger partial charge in [0, 0.05) is 31.3 Å². The largest absolute Gasteiger partial charge is 0.370 e. The standard InChI is InChI=1S/C13H25N3O2S/c1-19(17,18)11-13(6-7-13)10-15-12(14)16-8-4-2-3-5-9-16/h2-11H2,1H3,(H2,14,15). The van der Waals surface area contributed by atoms with Crippen molar-refractivity contribution in [3.63, 3.8) is 0 Å². The van der Waals surface area contributed by atoms with Gasteiger partial charge in [-0.25, -0.2) is 8.42 Å². The fourth-order valence-electron chi connectivity index (χ4n) is 2.73. The first kappa shape index (κ1) is 14.6. The maximum atomic E-state index is 11.4. The van der Waals surface area contributed by atoms with Crippen molar-refractivity contribution in [3.05, 3.63) is 0 Å². The minimum atomic E-state index is -2.92. The molecule has 0 aromatic heterocycles. The van der Waals surface area contributed by atoms with E-state index in [0.717, 1.165) is 25.9 Å². The first-order valence-corrected chi connectivity index (χ1v) is 9.19. The van der Waals surface area contributed by atoms with E-state index < -0.39 is 9.84 Å². The number of likely N-dealkylation sites (tertiary alicyclic amines) is 1. The van der Waals surface area contributed by atoms with Crippen molar-refractivity contribution >= 4 is 15.8 Å². The second-order valence-electron chi connectivity index (χ2n) is 6.15. The summed E-state index contributed by atoms with van der Waals surface area (Å²) in [6.45, 7) is 2.52. The molecule has 2 N–H and O–H groups in total. The lowest BCUT2D eigenvalue weighted by molar-refractivity contribution is 0.425. The molecule has 2 aliphatic rings. The van der Waals surface area contributed by atoms with Gasteiger partial charge in [-0.1, -0.05) is 12.8 Å². The third kappa shape index (κ3) is 4.67. The van der Waals surface area contributed by atoms with Crippen LogP contribution in [0.4, 0.5) is 0 Å². The zero-order valence-electron chi connectivity index (χ0n) is 11.8. The van der Waals surface area contributed by atoms with E-state index in [1.54, 1.807) is 0 Å². The molecule has 1 saturated carbocycles. The smallest absolute Gasteiger partial charge is 0.191 e. The van der Waals surface area contributed by atoms with Crippen molar-refractivity contribution in [3.8, 4) is 0 Å². The average Bonchev–Trinajstić information content (AvgIpc) is 3.08. The Labute approximate surface area is 116 Å². The molecule has 1 aliphatic carbocycles. The lowest BCUT2D eigenvalue weighted by Gasteiger charge is -2.22. The van der Waals surface area contributed by atoms with Crippen LogP contribution < -0.4 is 5.73 Å². The van der Waals surface area contributed by atoms with Crippen LogP contribution in [-0.2, 0) is 9.84 Å². The van der Waals surface area contributed by atoms with Gasteiger partial charge in [0.1, 0.15) is 9.84 Å². The molecule has 6 heteroatoms. The molecule has 0 amide bonds. The number of nitrogens with zero attached hydrogens (tertiary/aromatic N) is 2. The molecular formula is C13H25N3O2S. The summed E-state index contributed by atoms with van der Waals surface area (Å²) in [7, 11) is -2.92. The average molecular weight is 287 g/mol. The highest BCUT2D eigenvalue weighted by molar-refractivity contribution is 7.90.